The SMILES string of the molecule is N#Cc1ccc(C(=O)NC2CCN(CCCn3cnc4c(N)ncnc43)CC2)cc1. The van der Waals surface area contributed by atoms with Gasteiger partial charge in [0.15, 0.2) is 11.5 Å². The van der Waals surface area contributed by atoms with Gasteiger partial charge in [-0.15, -0.1) is 0 Å². The lowest BCUT2D eigenvalue weighted by Gasteiger charge is -2.32. The van der Waals surface area contributed by atoms with E-state index in [1.165, 1.54) is 6.33 Å². The maximum atomic E-state index is 12.4. The third-order valence-corrected chi connectivity index (χ3v) is 5.50. The van der Waals surface area contributed by atoms with E-state index in [-0.39, 0.29) is 11.9 Å². The van der Waals surface area contributed by atoms with Gasteiger partial charge in [-0.25, -0.2) is 15.0 Å². The van der Waals surface area contributed by atoms with Crippen molar-refractivity contribution in [1.82, 2.24) is 29.7 Å². The number of anilines is 1. The van der Waals surface area contributed by atoms with Gasteiger partial charge in [0.25, 0.3) is 5.91 Å². The maximum Gasteiger partial charge on any atom is 0.251 e. The van der Waals surface area contributed by atoms with Gasteiger partial charge in [0, 0.05) is 31.2 Å². The molecule has 0 unspecified atom stereocenters. The second kappa shape index (κ2) is 8.88. The average molecular weight is 404 g/mol. The van der Waals surface area contributed by atoms with Crippen molar-refractivity contribution < 1.29 is 4.79 Å². The fourth-order valence-corrected chi connectivity index (χ4v) is 3.79. The summed E-state index contributed by atoms with van der Waals surface area (Å²) in [5, 5.41) is 12.0. The minimum atomic E-state index is -0.0776. The van der Waals surface area contributed by atoms with Crippen LogP contribution in [0.15, 0.2) is 36.9 Å². The predicted octanol–water partition coefficient (Wildman–Crippen LogP) is 1.56. The van der Waals surface area contributed by atoms with E-state index in [1.807, 2.05) is 4.57 Å². The quantitative estimate of drug-likeness (QED) is 0.638. The average Bonchev–Trinajstić information content (AvgIpc) is 3.19. The Morgan fingerprint density at radius 1 is 1.17 bits per heavy atom. The normalized spacial score (nSPS) is 15.2. The molecule has 0 atom stereocenters. The molecular weight excluding hydrogens is 380 g/mol. The van der Waals surface area contributed by atoms with E-state index in [4.69, 9.17) is 11.0 Å². The highest BCUT2D eigenvalue weighted by atomic mass is 16.1. The molecule has 0 bridgehead atoms. The number of benzene rings is 1. The number of nitrogens with one attached hydrogen (secondary N) is 1. The number of fused-ring (bicyclic) bond motifs is 1. The number of carbonyl (C=O) groups is 1. The van der Waals surface area contributed by atoms with Crippen LogP contribution in [0, 0.1) is 11.3 Å². The number of carbonyl (C=O) groups excluding carboxylic acids is 1. The van der Waals surface area contributed by atoms with Crippen molar-refractivity contribution in [3.63, 3.8) is 0 Å². The minimum Gasteiger partial charge on any atom is -0.382 e. The molecule has 1 aliphatic heterocycles. The summed E-state index contributed by atoms with van der Waals surface area (Å²) in [4.78, 5) is 27.4. The van der Waals surface area contributed by atoms with Crippen molar-refractivity contribution in [2.75, 3.05) is 25.4 Å². The number of likely N-dealkylation sites (tertiary alicyclic amines) is 1. The topological polar surface area (TPSA) is 126 Å². The molecule has 154 valence electrons. The lowest BCUT2D eigenvalue weighted by molar-refractivity contribution is 0.0910. The van der Waals surface area contributed by atoms with Crippen LogP contribution in [0.3, 0.4) is 0 Å². The molecule has 9 heteroatoms. The first-order chi connectivity index (χ1) is 14.6. The first kappa shape index (κ1) is 19.8. The molecule has 30 heavy (non-hydrogen) atoms. The Hall–Kier alpha value is -3.51. The number of nitrogens with zero attached hydrogens (tertiary/aromatic N) is 6. The number of nitrogen functional groups attached to an aromatic ring is 1. The highest BCUT2D eigenvalue weighted by Gasteiger charge is 2.21. The van der Waals surface area contributed by atoms with Crippen LogP contribution in [0.4, 0.5) is 5.82 Å². The van der Waals surface area contributed by atoms with Crippen LogP contribution in [0.2, 0.25) is 0 Å². The number of amides is 1. The number of nitrogens with two attached hydrogens (primary N) is 1. The zero-order valence-corrected chi connectivity index (χ0v) is 16.7. The number of hydrogen-bond acceptors (Lipinski definition) is 7. The number of imidazole rings is 1. The first-order valence-corrected chi connectivity index (χ1v) is 10.1. The number of hydrogen-bond donors (Lipinski definition) is 2. The van der Waals surface area contributed by atoms with E-state index in [2.05, 4.69) is 31.2 Å². The van der Waals surface area contributed by atoms with E-state index >= 15 is 0 Å². The molecule has 1 amide bonds. The van der Waals surface area contributed by atoms with Gasteiger partial charge < -0.3 is 20.5 Å². The van der Waals surface area contributed by atoms with Crippen LogP contribution in [-0.4, -0.2) is 56.0 Å². The second-order valence-corrected chi connectivity index (χ2v) is 7.50. The van der Waals surface area contributed by atoms with Crippen molar-refractivity contribution in [2.24, 2.45) is 0 Å². The summed E-state index contributed by atoms with van der Waals surface area (Å²) < 4.78 is 2.01. The van der Waals surface area contributed by atoms with Crippen LogP contribution in [-0.2, 0) is 6.54 Å². The fraction of sp³-hybridized carbons (Fsp3) is 0.381. The first-order valence-electron chi connectivity index (χ1n) is 10.1. The summed E-state index contributed by atoms with van der Waals surface area (Å²) in [6.07, 6.45) is 6.07. The van der Waals surface area contributed by atoms with Gasteiger partial charge in [-0.2, -0.15) is 5.26 Å². The zero-order chi connectivity index (χ0) is 20.9. The van der Waals surface area contributed by atoms with Crippen molar-refractivity contribution in [2.45, 2.75) is 31.8 Å². The highest BCUT2D eigenvalue weighted by molar-refractivity contribution is 5.94. The van der Waals surface area contributed by atoms with Crippen LogP contribution < -0.4 is 11.1 Å². The Morgan fingerprint density at radius 2 is 1.93 bits per heavy atom. The largest absolute Gasteiger partial charge is 0.382 e. The lowest BCUT2D eigenvalue weighted by atomic mass is 10.0. The van der Waals surface area contributed by atoms with E-state index in [0.717, 1.165) is 51.1 Å². The minimum absolute atomic E-state index is 0.0776. The molecule has 0 radical (unpaired) electrons. The van der Waals surface area contributed by atoms with Crippen LogP contribution in [0.25, 0.3) is 11.2 Å². The summed E-state index contributed by atoms with van der Waals surface area (Å²) in [5.41, 5.74) is 8.40. The van der Waals surface area contributed by atoms with Gasteiger partial charge in [-0.3, -0.25) is 4.79 Å². The van der Waals surface area contributed by atoms with Gasteiger partial charge in [-0.05, 0) is 50.1 Å². The highest BCUT2D eigenvalue weighted by Crippen LogP contribution is 2.16. The van der Waals surface area contributed by atoms with E-state index in [0.29, 0.717) is 22.5 Å². The number of nitriles is 1. The van der Waals surface area contributed by atoms with Gasteiger partial charge in [-0.1, -0.05) is 0 Å². The molecule has 3 aromatic rings. The molecule has 0 spiro atoms. The molecule has 3 N–H and O–H groups in total. The molecule has 9 nitrogen and oxygen atoms in total. The zero-order valence-electron chi connectivity index (χ0n) is 16.7. The molecule has 1 fully saturated rings. The number of rotatable bonds is 6. The summed E-state index contributed by atoms with van der Waals surface area (Å²) in [6.45, 7) is 3.72. The van der Waals surface area contributed by atoms with E-state index < -0.39 is 0 Å². The van der Waals surface area contributed by atoms with Crippen molar-refractivity contribution >= 4 is 22.9 Å². The maximum absolute atomic E-state index is 12.4. The summed E-state index contributed by atoms with van der Waals surface area (Å²) in [5.74, 6) is 0.329. The van der Waals surface area contributed by atoms with Gasteiger partial charge in [0.2, 0.25) is 0 Å². The Labute approximate surface area is 174 Å². The molecule has 2 aromatic heterocycles. The Kier molecular flexibility index (Phi) is 5.86. The smallest absolute Gasteiger partial charge is 0.251 e. The molecule has 0 saturated carbocycles. The van der Waals surface area contributed by atoms with Crippen LogP contribution in [0.1, 0.15) is 35.2 Å². The van der Waals surface area contributed by atoms with E-state index in [9.17, 15) is 4.79 Å². The van der Waals surface area contributed by atoms with Crippen molar-refractivity contribution in [3.05, 3.63) is 48.0 Å². The van der Waals surface area contributed by atoms with Gasteiger partial charge in [0.1, 0.15) is 11.8 Å². The Morgan fingerprint density at radius 3 is 2.67 bits per heavy atom. The standard InChI is InChI=1S/C21H24N8O/c22-12-15-2-4-16(5-3-15)21(30)27-17-6-10-28(11-7-17)8-1-9-29-14-26-18-19(23)24-13-25-20(18)29/h2-5,13-14,17H,1,6-11H2,(H,27,30)(H2,23,24,25). The third kappa shape index (κ3) is 4.39. The van der Waals surface area contributed by atoms with Crippen LogP contribution >= 0.6 is 0 Å². The fourth-order valence-electron chi connectivity index (χ4n) is 3.79. The number of aromatic nitrogens is 4. The van der Waals surface area contributed by atoms with E-state index in [1.54, 1.807) is 30.6 Å². The summed E-state index contributed by atoms with van der Waals surface area (Å²) >= 11 is 0. The molecule has 3 heterocycles. The molecule has 0 aliphatic carbocycles. The molecule has 4 rings (SSSR count). The Bertz CT molecular complexity index is 1060. The molecule has 1 saturated heterocycles. The summed E-state index contributed by atoms with van der Waals surface area (Å²) in [6, 6.07) is 8.97. The molecule has 1 aromatic carbocycles. The monoisotopic (exact) mass is 404 g/mol. The van der Waals surface area contributed by atoms with Crippen LogP contribution in [0.5, 0.6) is 0 Å². The number of piperidine rings is 1. The summed E-state index contributed by atoms with van der Waals surface area (Å²) in [7, 11) is 0. The van der Waals surface area contributed by atoms with Gasteiger partial charge in [0.05, 0.1) is 18.0 Å². The lowest BCUT2D eigenvalue weighted by Crippen LogP contribution is -2.44. The molecule has 1 aliphatic rings. The third-order valence-electron chi connectivity index (χ3n) is 5.50. The second-order valence-electron chi connectivity index (χ2n) is 7.50. The van der Waals surface area contributed by atoms with Gasteiger partial charge >= 0.3 is 0 Å². The number of aryl methyl sites for hydroxylation is 1. The predicted molar refractivity (Wildman–Crippen MR) is 112 cm³/mol. The van der Waals surface area contributed by atoms with Crippen molar-refractivity contribution in [1.29, 1.82) is 5.26 Å². The Balaban J connectivity index is 1.21. The van der Waals surface area contributed by atoms with Crippen molar-refractivity contribution in [3.8, 4) is 6.07 Å². The molecular formula is C21H24N8O.